The summed E-state index contributed by atoms with van der Waals surface area (Å²) in [5.74, 6) is 0.277. The molecule has 0 bridgehead atoms. The Morgan fingerprint density at radius 2 is 2.00 bits per heavy atom. The molecule has 0 unspecified atom stereocenters. The van der Waals surface area contributed by atoms with Gasteiger partial charge in [-0.2, -0.15) is 5.10 Å². The van der Waals surface area contributed by atoms with Crippen molar-refractivity contribution in [2.75, 3.05) is 0 Å². The minimum atomic E-state index is -0.287. The van der Waals surface area contributed by atoms with Gasteiger partial charge in [-0.15, -0.1) is 0 Å². The highest BCUT2D eigenvalue weighted by molar-refractivity contribution is 6.33. The van der Waals surface area contributed by atoms with E-state index in [-0.39, 0.29) is 23.7 Å². The van der Waals surface area contributed by atoms with Gasteiger partial charge in [0.25, 0.3) is 5.91 Å². The van der Waals surface area contributed by atoms with Crippen LogP contribution in [0.25, 0.3) is 5.82 Å². The first-order chi connectivity index (χ1) is 11.4. The van der Waals surface area contributed by atoms with Crippen molar-refractivity contribution < 1.29 is 9.90 Å². The quantitative estimate of drug-likeness (QED) is 0.893. The summed E-state index contributed by atoms with van der Waals surface area (Å²) in [7, 11) is 0. The second-order valence-electron chi connectivity index (χ2n) is 6.32. The third kappa shape index (κ3) is 3.60. The first-order valence-corrected chi connectivity index (χ1v) is 8.51. The summed E-state index contributed by atoms with van der Waals surface area (Å²) < 4.78 is 1.69. The van der Waals surface area contributed by atoms with Crippen LogP contribution in [0.2, 0.25) is 5.02 Å². The minimum Gasteiger partial charge on any atom is -0.393 e. The maximum Gasteiger partial charge on any atom is 0.271 e. The highest BCUT2D eigenvalue weighted by Crippen LogP contribution is 2.21. The highest BCUT2D eigenvalue weighted by atomic mass is 35.5. The van der Waals surface area contributed by atoms with Crippen LogP contribution in [0.1, 0.15) is 47.6 Å². The number of amides is 1. The monoisotopic (exact) mass is 348 g/mol. The number of nitrogens with one attached hydrogen (secondary N) is 1. The van der Waals surface area contributed by atoms with Gasteiger partial charge in [0.05, 0.1) is 16.8 Å². The largest absolute Gasteiger partial charge is 0.393 e. The smallest absolute Gasteiger partial charge is 0.271 e. The number of aromatic nitrogens is 3. The number of halogens is 1. The van der Waals surface area contributed by atoms with Crippen LogP contribution in [0.5, 0.6) is 0 Å². The fourth-order valence-corrected chi connectivity index (χ4v) is 3.23. The molecule has 24 heavy (non-hydrogen) atoms. The molecule has 1 amide bonds. The van der Waals surface area contributed by atoms with Crippen molar-refractivity contribution in [2.45, 2.75) is 51.7 Å². The average Bonchev–Trinajstić information content (AvgIpc) is 2.88. The van der Waals surface area contributed by atoms with Crippen LogP contribution in [0, 0.1) is 13.8 Å². The molecule has 1 aliphatic rings. The van der Waals surface area contributed by atoms with E-state index in [4.69, 9.17) is 11.6 Å². The van der Waals surface area contributed by atoms with Crippen molar-refractivity contribution in [3.63, 3.8) is 0 Å². The number of carbonyl (C=O) groups excluding carboxylic acids is 1. The SMILES string of the molecule is Cc1cc(C)n(-c2ccc(Cl)c(C(=O)NC3CCC(O)CC3)n2)n1. The molecular formula is C17H21ClN4O2. The number of rotatable bonds is 3. The molecule has 0 spiro atoms. The molecule has 1 fully saturated rings. The number of aliphatic hydroxyl groups excluding tert-OH is 1. The summed E-state index contributed by atoms with van der Waals surface area (Å²) in [5, 5.41) is 17.2. The Balaban J connectivity index is 1.81. The number of hydrogen-bond acceptors (Lipinski definition) is 4. The second kappa shape index (κ2) is 6.91. The van der Waals surface area contributed by atoms with E-state index in [2.05, 4.69) is 15.4 Å². The van der Waals surface area contributed by atoms with Gasteiger partial charge >= 0.3 is 0 Å². The summed E-state index contributed by atoms with van der Waals surface area (Å²) in [6.07, 6.45) is 2.69. The van der Waals surface area contributed by atoms with Gasteiger partial charge in [0.2, 0.25) is 0 Å². The molecule has 6 nitrogen and oxygen atoms in total. The lowest BCUT2D eigenvalue weighted by atomic mass is 9.93. The van der Waals surface area contributed by atoms with Crippen molar-refractivity contribution in [2.24, 2.45) is 0 Å². The van der Waals surface area contributed by atoms with E-state index in [9.17, 15) is 9.90 Å². The molecule has 0 radical (unpaired) electrons. The molecule has 2 aromatic rings. The van der Waals surface area contributed by atoms with Crippen molar-refractivity contribution >= 4 is 17.5 Å². The average molecular weight is 349 g/mol. The third-order valence-corrected chi connectivity index (χ3v) is 4.61. The first kappa shape index (κ1) is 16.9. The Hall–Kier alpha value is -1.92. The topological polar surface area (TPSA) is 80.0 Å². The number of nitrogens with zero attached hydrogens (tertiary/aromatic N) is 3. The summed E-state index contributed by atoms with van der Waals surface area (Å²) in [6.45, 7) is 3.84. The number of pyridine rings is 1. The zero-order chi connectivity index (χ0) is 17.3. The molecule has 0 atom stereocenters. The van der Waals surface area contributed by atoms with Crippen LogP contribution in [-0.2, 0) is 0 Å². The normalized spacial score (nSPS) is 20.8. The summed E-state index contributed by atoms with van der Waals surface area (Å²) in [5.41, 5.74) is 2.03. The van der Waals surface area contributed by atoms with Crippen molar-refractivity contribution in [3.8, 4) is 5.82 Å². The van der Waals surface area contributed by atoms with E-state index in [0.29, 0.717) is 23.7 Å². The van der Waals surface area contributed by atoms with Gasteiger partial charge in [-0.3, -0.25) is 4.79 Å². The Bertz CT molecular complexity index is 751. The highest BCUT2D eigenvalue weighted by Gasteiger charge is 2.23. The molecular weight excluding hydrogens is 328 g/mol. The molecule has 128 valence electrons. The zero-order valence-electron chi connectivity index (χ0n) is 13.8. The van der Waals surface area contributed by atoms with E-state index in [1.807, 2.05) is 19.9 Å². The van der Waals surface area contributed by atoms with Crippen molar-refractivity contribution in [1.29, 1.82) is 0 Å². The van der Waals surface area contributed by atoms with E-state index < -0.39 is 0 Å². The zero-order valence-corrected chi connectivity index (χ0v) is 14.5. The molecule has 2 N–H and O–H groups in total. The molecule has 1 saturated carbocycles. The Labute approximate surface area is 145 Å². The number of hydrogen-bond donors (Lipinski definition) is 2. The van der Waals surface area contributed by atoms with Gasteiger partial charge in [0, 0.05) is 11.7 Å². The van der Waals surface area contributed by atoms with Crippen LogP contribution < -0.4 is 5.32 Å². The van der Waals surface area contributed by atoms with E-state index in [1.165, 1.54) is 0 Å². The van der Waals surface area contributed by atoms with Gasteiger partial charge in [-0.1, -0.05) is 11.6 Å². The second-order valence-corrected chi connectivity index (χ2v) is 6.72. The molecule has 7 heteroatoms. The maximum atomic E-state index is 12.5. The molecule has 0 aromatic carbocycles. The predicted octanol–water partition coefficient (Wildman–Crippen LogP) is 2.57. The van der Waals surface area contributed by atoms with Gasteiger partial charge < -0.3 is 10.4 Å². The third-order valence-electron chi connectivity index (χ3n) is 4.30. The molecule has 2 heterocycles. The number of carbonyl (C=O) groups is 1. The van der Waals surface area contributed by atoms with E-state index in [0.717, 1.165) is 24.2 Å². The van der Waals surface area contributed by atoms with Crippen LogP contribution in [0.3, 0.4) is 0 Å². The summed E-state index contributed by atoms with van der Waals surface area (Å²) >= 11 is 6.17. The summed E-state index contributed by atoms with van der Waals surface area (Å²) in [6, 6.07) is 5.41. The van der Waals surface area contributed by atoms with Crippen LogP contribution in [0.15, 0.2) is 18.2 Å². The fourth-order valence-electron chi connectivity index (χ4n) is 3.04. The van der Waals surface area contributed by atoms with Crippen molar-refractivity contribution in [3.05, 3.63) is 40.3 Å². The lowest BCUT2D eigenvalue weighted by Crippen LogP contribution is -2.39. The number of aryl methyl sites for hydroxylation is 2. The minimum absolute atomic E-state index is 0.0520. The lowest BCUT2D eigenvalue weighted by Gasteiger charge is -2.26. The molecule has 3 rings (SSSR count). The Morgan fingerprint density at radius 3 is 2.62 bits per heavy atom. The fraction of sp³-hybridized carbons (Fsp3) is 0.471. The Kier molecular flexibility index (Phi) is 4.87. The van der Waals surface area contributed by atoms with Gasteiger partial charge in [0.1, 0.15) is 5.69 Å². The molecule has 0 saturated heterocycles. The predicted molar refractivity (Wildman–Crippen MR) is 91.6 cm³/mol. The van der Waals surface area contributed by atoms with Crippen LogP contribution in [0.4, 0.5) is 0 Å². The maximum absolute atomic E-state index is 12.5. The van der Waals surface area contributed by atoms with Crippen LogP contribution >= 0.6 is 11.6 Å². The van der Waals surface area contributed by atoms with Gasteiger partial charge in [-0.25, -0.2) is 9.67 Å². The first-order valence-electron chi connectivity index (χ1n) is 8.13. The summed E-state index contributed by atoms with van der Waals surface area (Å²) in [4.78, 5) is 16.9. The number of aliphatic hydroxyl groups is 1. The van der Waals surface area contributed by atoms with Crippen LogP contribution in [-0.4, -0.2) is 37.9 Å². The van der Waals surface area contributed by atoms with E-state index >= 15 is 0 Å². The lowest BCUT2D eigenvalue weighted by molar-refractivity contribution is 0.0863. The molecule has 2 aromatic heterocycles. The molecule has 0 aliphatic heterocycles. The van der Waals surface area contributed by atoms with E-state index in [1.54, 1.807) is 16.8 Å². The van der Waals surface area contributed by atoms with Crippen molar-refractivity contribution in [1.82, 2.24) is 20.1 Å². The van der Waals surface area contributed by atoms with Gasteiger partial charge in [0.15, 0.2) is 5.82 Å². The van der Waals surface area contributed by atoms with Gasteiger partial charge in [-0.05, 0) is 57.7 Å². The molecule has 1 aliphatic carbocycles. The Morgan fingerprint density at radius 1 is 1.29 bits per heavy atom. The standard InChI is InChI=1S/C17H21ClN4O2/c1-10-9-11(2)22(21-10)15-8-7-14(18)16(20-15)17(24)19-12-3-5-13(23)6-4-12/h7-9,12-13,23H,3-6H2,1-2H3,(H,19,24).